The molecule has 0 aliphatic heterocycles. The van der Waals surface area contributed by atoms with Crippen molar-refractivity contribution in [1.82, 2.24) is 10.6 Å². The molecule has 0 spiro atoms. The number of rotatable bonds is 6. The molecule has 1 aromatic carbocycles. The number of ether oxygens (including phenoxy) is 1. The Morgan fingerprint density at radius 1 is 1.37 bits per heavy atom. The van der Waals surface area contributed by atoms with Crippen LogP contribution in [0.15, 0.2) is 29.3 Å². The SMILES string of the molecule is CCOc1ccccc1CCNC(=NC)NC1CC1. The maximum Gasteiger partial charge on any atom is 0.191 e. The molecule has 0 radical (unpaired) electrons. The summed E-state index contributed by atoms with van der Waals surface area (Å²) in [5, 5.41) is 6.72. The van der Waals surface area contributed by atoms with Crippen LogP contribution < -0.4 is 15.4 Å². The zero-order valence-corrected chi connectivity index (χ0v) is 11.8. The molecule has 0 amide bonds. The van der Waals surface area contributed by atoms with Gasteiger partial charge in [0.05, 0.1) is 6.61 Å². The number of hydrogen-bond acceptors (Lipinski definition) is 2. The Morgan fingerprint density at radius 3 is 2.84 bits per heavy atom. The standard InChI is InChI=1S/C15H23N3O/c1-3-19-14-7-5-4-6-12(14)10-11-17-15(16-2)18-13-8-9-13/h4-7,13H,3,8-11H2,1-2H3,(H2,16,17,18). The van der Waals surface area contributed by atoms with Crippen molar-refractivity contribution in [3.63, 3.8) is 0 Å². The number of aliphatic imine (C=N–C) groups is 1. The Bertz CT molecular complexity index is 427. The van der Waals surface area contributed by atoms with Gasteiger partial charge in [0, 0.05) is 19.6 Å². The highest BCUT2D eigenvalue weighted by Crippen LogP contribution is 2.19. The van der Waals surface area contributed by atoms with Crippen LogP contribution in [0.2, 0.25) is 0 Å². The van der Waals surface area contributed by atoms with E-state index in [4.69, 9.17) is 4.74 Å². The summed E-state index contributed by atoms with van der Waals surface area (Å²) in [5.41, 5.74) is 1.23. The van der Waals surface area contributed by atoms with Gasteiger partial charge in [-0.25, -0.2) is 0 Å². The number of hydrogen-bond donors (Lipinski definition) is 2. The normalized spacial score (nSPS) is 15.2. The zero-order valence-electron chi connectivity index (χ0n) is 11.8. The summed E-state index contributed by atoms with van der Waals surface area (Å²) in [6, 6.07) is 8.83. The first-order chi connectivity index (χ1) is 9.33. The van der Waals surface area contributed by atoms with Gasteiger partial charge >= 0.3 is 0 Å². The fourth-order valence-electron chi connectivity index (χ4n) is 1.94. The third-order valence-electron chi connectivity index (χ3n) is 3.10. The number of guanidine groups is 1. The molecule has 1 aliphatic rings. The van der Waals surface area contributed by atoms with Crippen molar-refractivity contribution in [2.24, 2.45) is 4.99 Å². The Hall–Kier alpha value is -1.71. The molecule has 1 saturated carbocycles. The van der Waals surface area contributed by atoms with Crippen LogP contribution in [0.3, 0.4) is 0 Å². The number of para-hydroxylation sites is 1. The number of benzene rings is 1. The lowest BCUT2D eigenvalue weighted by atomic mass is 10.1. The summed E-state index contributed by atoms with van der Waals surface area (Å²) in [7, 11) is 1.81. The Kier molecular flexibility index (Phi) is 5.07. The Labute approximate surface area is 115 Å². The molecular weight excluding hydrogens is 238 g/mol. The van der Waals surface area contributed by atoms with Crippen molar-refractivity contribution in [3.8, 4) is 5.75 Å². The summed E-state index contributed by atoms with van der Waals surface area (Å²) in [6.07, 6.45) is 3.45. The summed E-state index contributed by atoms with van der Waals surface area (Å²) in [4.78, 5) is 4.22. The van der Waals surface area contributed by atoms with Gasteiger partial charge in [0.2, 0.25) is 0 Å². The molecular formula is C15H23N3O. The molecule has 0 bridgehead atoms. The summed E-state index contributed by atoms with van der Waals surface area (Å²) in [5.74, 6) is 1.88. The van der Waals surface area contributed by atoms with E-state index in [1.54, 1.807) is 0 Å². The maximum absolute atomic E-state index is 5.62. The minimum absolute atomic E-state index is 0.627. The quantitative estimate of drug-likeness (QED) is 0.608. The molecule has 0 saturated heterocycles. The zero-order chi connectivity index (χ0) is 13.5. The third kappa shape index (κ3) is 4.47. The van der Waals surface area contributed by atoms with Gasteiger partial charge in [0.25, 0.3) is 0 Å². The molecule has 1 aromatic rings. The molecule has 2 N–H and O–H groups in total. The van der Waals surface area contributed by atoms with Crippen molar-refractivity contribution in [2.45, 2.75) is 32.2 Å². The average Bonchev–Trinajstić information content (AvgIpc) is 3.24. The largest absolute Gasteiger partial charge is 0.494 e. The monoisotopic (exact) mass is 261 g/mol. The molecule has 4 heteroatoms. The molecule has 2 rings (SSSR count). The van der Waals surface area contributed by atoms with Gasteiger partial charge in [-0.1, -0.05) is 18.2 Å². The molecule has 0 unspecified atom stereocenters. The molecule has 104 valence electrons. The lowest BCUT2D eigenvalue weighted by Crippen LogP contribution is -2.39. The number of nitrogens with zero attached hydrogens (tertiary/aromatic N) is 1. The van der Waals surface area contributed by atoms with Gasteiger partial charge in [-0.05, 0) is 37.8 Å². The maximum atomic E-state index is 5.62. The second-order valence-corrected chi connectivity index (χ2v) is 4.71. The molecule has 19 heavy (non-hydrogen) atoms. The average molecular weight is 261 g/mol. The van der Waals surface area contributed by atoms with E-state index in [0.29, 0.717) is 12.6 Å². The van der Waals surface area contributed by atoms with Crippen molar-refractivity contribution < 1.29 is 4.74 Å². The molecule has 0 aromatic heterocycles. The molecule has 1 aliphatic carbocycles. The molecule has 1 fully saturated rings. The lowest BCUT2D eigenvalue weighted by molar-refractivity contribution is 0.336. The third-order valence-corrected chi connectivity index (χ3v) is 3.10. The first kappa shape index (κ1) is 13.7. The lowest BCUT2D eigenvalue weighted by Gasteiger charge is -2.13. The van der Waals surface area contributed by atoms with Crippen LogP contribution in [0.5, 0.6) is 5.75 Å². The fraction of sp³-hybridized carbons (Fsp3) is 0.533. The fourth-order valence-corrected chi connectivity index (χ4v) is 1.94. The van der Waals surface area contributed by atoms with Gasteiger partial charge in [-0.15, -0.1) is 0 Å². The van der Waals surface area contributed by atoms with Crippen molar-refractivity contribution in [3.05, 3.63) is 29.8 Å². The van der Waals surface area contributed by atoms with Gasteiger partial charge in [-0.2, -0.15) is 0 Å². The van der Waals surface area contributed by atoms with Gasteiger partial charge in [0.15, 0.2) is 5.96 Å². The van der Waals surface area contributed by atoms with E-state index < -0.39 is 0 Å². The van der Waals surface area contributed by atoms with Crippen LogP contribution in [-0.4, -0.2) is 32.2 Å². The summed E-state index contributed by atoms with van der Waals surface area (Å²) in [6.45, 7) is 3.57. The molecule has 0 atom stereocenters. The highest BCUT2D eigenvalue weighted by molar-refractivity contribution is 5.80. The van der Waals surface area contributed by atoms with Crippen LogP contribution in [0.1, 0.15) is 25.3 Å². The van der Waals surface area contributed by atoms with Gasteiger partial charge in [0.1, 0.15) is 5.75 Å². The Balaban J connectivity index is 1.80. The van der Waals surface area contributed by atoms with Crippen LogP contribution in [0, 0.1) is 0 Å². The van der Waals surface area contributed by atoms with Crippen LogP contribution in [0.4, 0.5) is 0 Å². The molecule has 0 heterocycles. The minimum Gasteiger partial charge on any atom is -0.494 e. The van der Waals surface area contributed by atoms with Crippen molar-refractivity contribution >= 4 is 5.96 Å². The van der Waals surface area contributed by atoms with Crippen LogP contribution in [0.25, 0.3) is 0 Å². The smallest absolute Gasteiger partial charge is 0.191 e. The van der Waals surface area contributed by atoms with E-state index in [9.17, 15) is 0 Å². The van der Waals surface area contributed by atoms with Crippen LogP contribution >= 0.6 is 0 Å². The first-order valence-corrected chi connectivity index (χ1v) is 7.01. The summed E-state index contributed by atoms with van der Waals surface area (Å²) >= 11 is 0. The highest BCUT2D eigenvalue weighted by Gasteiger charge is 2.21. The van der Waals surface area contributed by atoms with E-state index in [1.165, 1.54) is 18.4 Å². The molecule has 4 nitrogen and oxygen atoms in total. The van der Waals surface area contributed by atoms with E-state index in [2.05, 4.69) is 27.8 Å². The Morgan fingerprint density at radius 2 is 2.16 bits per heavy atom. The first-order valence-electron chi connectivity index (χ1n) is 7.01. The van der Waals surface area contributed by atoms with E-state index in [1.807, 2.05) is 26.1 Å². The predicted octanol–water partition coefficient (Wildman–Crippen LogP) is 1.96. The van der Waals surface area contributed by atoms with E-state index in [-0.39, 0.29) is 0 Å². The summed E-state index contributed by atoms with van der Waals surface area (Å²) < 4.78 is 5.62. The van der Waals surface area contributed by atoms with E-state index >= 15 is 0 Å². The van der Waals surface area contributed by atoms with Gasteiger partial charge < -0.3 is 15.4 Å². The van der Waals surface area contributed by atoms with Crippen molar-refractivity contribution in [2.75, 3.05) is 20.2 Å². The van der Waals surface area contributed by atoms with Crippen molar-refractivity contribution in [1.29, 1.82) is 0 Å². The van der Waals surface area contributed by atoms with E-state index in [0.717, 1.165) is 24.7 Å². The second-order valence-electron chi connectivity index (χ2n) is 4.71. The predicted molar refractivity (Wildman–Crippen MR) is 78.8 cm³/mol. The van der Waals surface area contributed by atoms with Gasteiger partial charge in [-0.3, -0.25) is 4.99 Å². The second kappa shape index (κ2) is 7.02. The highest BCUT2D eigenvalue weighted by atomic mass is 16.5. The topological polar surface area (TPSA) is 45.6 Å². The minimum atomic E-state index is 0.627. The number of nitrogens with one attached hydrogen (secondary N) is 2. The van der Waals surface area contributed by atoms with Crippen LogP contribution in [-0.2, 0) is 6.42 Å².